The number of carbonyl (C=O) groups excluding carboxylic acids is 1. The van der Waals surface area contributed by atoms with Crippen LogP contribution in [0.4, 0.5) is 5.69 Å². The average molecular weight is 273 g/mol. The van der Waals surface area contributed by atoms with Crippen LogP contribution in [0.25, 0.3) is 0 Å². The lowest BCUT2D eigenvalue weighted by Gasteiger charge is -2.11. The number of hydrogen-bond acceptors (Lipinski definition) is 4. The molecular weight excluding hydrogens is 258 g/mol. The maximum Gasteiger partial charge on any atom is 0.263 e. The van der Waals surface area contributed by atoms with E-state index in [-0.39, 0.29) is 11.3 Å². The minimum Gasteiger partial charge on any atom is -0.507 e. The van der Waals surface area contributed by atoms with Gasteiger partial charge in [0.1, 0.15) is 22.8 Å². The summed E-state index contributed by atoms with van der Waals surface area (Å²) in [6.07, 6.45) is 0. The molecule has 0 aliphatic heterocycles. The molecular formula is C15H15NO4. The largest absolute Gasteiger partial charge is 0.507 e. The number of phenols is 1. The first kappa shape index (κ1) is 13.7. The fraction of sp³-hybridized carbons (Fsp3) is 0.133. The Kier molecular flexibility index (Phi) is 4.10. The van der Waals surface area contributed by atoms with E-state index in [1.807, 2.05) is 0 Å². The Hall–Kier alpha value is -2.69. The minimum atomic E-state index is -0.440. The second kappa shape index (κ2) is 5.97. The standard InChI is InChI=1S/C15H15NO4/c1-19-11-8-6-10(7-9-11)16-15(18)14-12(17)4-3-5-13(14)20-2/h3-9,17H,1-2H3,(H,16,18). The van der Waals surface area contributed by atoms with E-state index in [0.29, 0.717) is 17.2 Å². The number of carbonyl (C=O) groups is 1. The van der Waals surface area contributed by atoms with Crippen LogP contribution in [0, 0.1) is 0 Å². The number of rotatable bonds is 4. The van der Waals surface area contributed by atoms with Crippen LogP contribution in [-0.2, 0) is 0 Å². The van der Waals surface area contributed by atoms with Crippen LogP contribution >= 0.6 is 0 Å². The van der Waals surface area contributed by atoms with Crippen molar-refractivity contribution in [3.05, 3.63) is 48.0 Å². The van der Waals surface area contributed by atoms with Gasteiger partial charge in [0.2, 0.25) is 0 Å². The second-order valence-corrected chi connectivity index (χ2v) is 4.04. The molecule has 0 bridgehead atoms. The van der Waals surface area contributed by atoms with E-state index in [2.05, 4.69) is 5.32 Å². The summed E-state index contributed by atoms with van der Waals surface area (Å²) in [5, 5.41) is 12.5. The molecule has 0 aliphatic carbocycles. The van der Waals surface area contributed by atoms with Crippen LogP contribution < -0.4 is 14.8 Å². The minimum absolute atomic E-state index is 0.103. The van der Waals surface area contributed by atoms with E-state index in [1.54, 1.807) is 43.5 Å². The third-order valence-electron chi connectivity index (χ3n) is 2.80. The molecule has 0 unspecified atom stereocenters. The van der Waals surface area contributed by atoms with Crippen molar-refractivity contribution in [1.82, 2.24) is 0 Å². The van der Waals surface area contributed by atoms with Crippen molar-refractivity contribution in [3.63, 3.8) is 0 Å². The van der Waals surface area contributed by atoms with Gasteiger partial charge in [-0.15, -0.1) is 0 Å². The fourth-order valence-corrected chi connectivity index (χ4v) is 1.79. The molecule has 20 heavy (non-hydrogen) atoms. The molecule has 0 saturated carbocycles. The Bertz CT molecular complexity index is 608. The zero-order valence-electron chi connectivity index (χ0n) is 11.2. The second-order valence-electron chi connectivity index (χ2n) is 4.04. The summed E-state index contributed by atoms with van der Waals surface area (Å²) in [5.74, 6) is 0.444. The van der Waals surface area contributed by atoms with Gasteiger partial charge in [0.05, 0.1) is 14.2 Å². The number of amides is 1. The summed E-state index contributed by atoms with van der Waals surface area (Å²) in [6, 6.07) is 11.5. The van der Waals surface area contributed by atoms with Crippen LogP contribution in [0.2, 0.25) is 0 Å². The first-order valence-corrected chi connectivity index (χ1v) is 5.97. The molecule has 5 heteroatoms. The zero-order chi connectivity index (χ0) is 14.5. The Labute approximate surface area is 116 Å². The third-order valence-corrected chi connectivity index (χ3v) is 2.80. The van der Waals surface area contributed by atoms with Gasteiger partial charge in [0.15, 0.2) is 0 Å². The molecule has 0 spiro atoms. The number of aromatic hydroxyl groups is 1. The maximum atomic E-state index is 12.2. The summed E-state index contributed by atoms with van der Waals surface area (Å²) in [7, 11) is 3.01. The van der Waals surface area contributed by atoms with Crippen molar-refractivity contribution in [3.8, 4) is 17.2 Å². The molecule has 2 aromatic carbocycles. The van der Waals surface area contributed by atoms with Crippen molar-refractivity contribution < 1.29 is 19.4 Å². The Morgan fingerprint density at radius 1 is 1.05 bits per heavy atom. The molecule has 0 aromatic heterocycles. The van der Waals surface area contributed by atoms with Gasteiger partial charge in [-0.05, 0) is 36.4 Å². The molecule has 1 amide bonds. The molecule has 2 N–H and O–H groups in total. The Morgan fingerprint density at radius 2 is 1.75 bits per heavy atom. The van der Waals surface area contributed by atoms with E-state index < -0.39 is 5.91 Å². The summed E-state index contributed by atoms with van der Waals surface area (Å²) < 4.78 is 10.1. The molecule has 0 saturated heterocycles. The van der Waals surface area contributed by atoms with Gasteiger partial charge in [-0.25, -0.2) is 0 Å². The lowest BCUT2D eigenvalue weighted by molar-refractivity contribution is 0.102. The Balaban J connectivity index is 2.23. The van der Waals surface area contributed by atoms with E-state index >= 15 is 0 Å². The van der Waals surface area contributed by atoms with Gasteiger partial charge in [-0.2, -0.15) is 0 Å². The van der Waals surface area contributed by atoms with Gasteiger partial charge in [0.25, 0.3) is 5.91 Å². The highest BCUT2D eigenvalue weighted by atomic mass is 16.5. The predicted molar refractivity (Wildman–Crippen MR) is 75.6 cm³/mol. The molecule has 2 aromatic rings. The molecule has 104 valence electrons. The molecule has 0 radical (unpaired) electrons. The highest BCUT2D eigenvalue weighted by Crippen LogP contribution is 2.28. The quantitative estimate of drug-likeness (QED) is 0.898. The highest BCUT2D eigenvalue weighted by Gasteiger charge is 2.17. The lowest BCUT2D eigenvalue weighted by Crippen LogP contribution is -2.13. The molecule has 0 fully saturated rings. The topological polar surface area (TPSA) is 67.8 Å². The molecule has 0 heterocycles. The van der Waals surface area contributed by atoms with Gasteiger partial charge >= 0.3 is 0 Å². The van der Waals surface area contributed by atoms with Crippen molar-refractivity contribution in [1.29, 1.82) is 0 Å². The van der Waals surface area contributed by atoms with Gasteiger partial charge < -0.3 is 19.9 Å². The van der Waals surface area contributed by atoms with Crippen LogP contribution in [0.3, 0.4) is 0 Å². The number of nitrogens with one attached hydrogen (secondary N) is 1. The monoisotopic (exact) mass is 273 g/mol. The molecule has 5 nitrogen and oxygen atoms in total. The maximum absolute atomic E-state index is 12.2. The molecule has 0 aliphatic rings. The van der Waals surface area contributed by atoms with Crippen molar-refractivity contribution >= 4 is 11.6 Å². The van der Waals surface area contributed by atoms with Crippen LogP contribution in [0.15, 0.2) is 42.5 Å². The predicted octanol–water partition coefficient (Wildman–Crippen LogP) is 2.66. The van der Waals surface area contributed by atoms with E-state index in [1.165, 1.54) is 13.2 Å². The van der Waals surface area contributed by atoms with Gasteiger partial charge in [0, 0.05) is 5.69 Å². The first-order chi connectivity index (χ1) is 9.65. The Morgan fingerprint density at radius 3 is 2.35 bits per heavy atom. The number of ether oxygens (including phenoxy) is 2. The fourth-order valence-electron chi connectivity index (χ4n) is 1.79. The number of anilines is 1. The SMILES string of the molecule is COc1ccc(NC(=O)c2c(O)cccc2OC)cc1. The van der Waals surface area contributed by atoms with E-state index in [0.717, 1.165) is 0 Å². The van der Waals surface area contributed by atoms with E-state index in [4.69, 9.17) is 9.47 Å². The van der Waals surface area contributed by atoms with E-state index in [9.17, 15) is 9.90 Å². The van der Waals surface area contributed by atoms with Crippen molar-refractivity contribution in [2.45, 2.75) is 0 Å². The number of benzene rings is 2. The van der Waals surface area contributed by atoms with Crippen LogP contribution in [0.5, 0.6) is 17.2 Å². The zero-order valence-corrected chi connectivity index (χ0v) is 11.2. The van der Waals surface area contributed by atoms with Crippen LogP contribution in [0.1, 0.15) is 10.4 Å². The highest BCUT2D eigenvalue weighted by molar-refractivity contribution is 6.08. The number of methoxy groups -OCH3 is 2. The summed E-state index contributed by atoms with van der Waals surface area (Å²) in [6.45, 7) is 0. The molecule has 0 atom stereocenters. The lowest BCUT2D eigenvalue weighted by atomic mass is 10.1. The van der Waals surface area contributed by atoms with Crippen molar-refractivity contribution in [2.24, 2.45) is 0 Å². The normalized spacial score (nSPS) is 9.90. The smallest absolute Gasteiger partial charge is 0.263 e. The number of hydrogen-bond donors (Lipinski definition) is 2. The first-order valence-electron chi connectivity index (χ1n) is 5.97. The number of phenolic OH excluding ortho intramolecular Hbond substituents is 1. The summed E-state index contributed by atoms with van der Waals surface area (Å²) in [4.78, 5) is 12.2. The summed E-state index contributed by atoms with van der Waals surface area (Å²) in [5.41, 5.74) is 0.701. The van der Waals surface area contributed by atoms with Crippen molar-refractivity contribution in [2.75, 3.05) is 19.5 Å². The van der Waals surface area contributed by atoms with Gasteiger partial charge in [-0.3, -0.25) is 4.79 Å². The average Bonchev–Trinajstić information content (AvgIpc) is 2.47. The third kappa shape index (κ3) is 2.83. The summed E-state index contributed by atoms with van der Waals surface area (Å²) >= 11 is 0. The van der Waals surface area contributed by atoms with Crippen LogP contribution in [-0.4, -0.2) is 25.2 Å². The van der Waals surface area contributed by atoms with Gasteiger partial charge in [-0.1, -0.05) is 6.07 Å². The molecule has 2 rings (SSSR count).